The van der Waals surface area contributed by atoms with E-state index in [1.807, 2.05) is 0 Å². The Hall–Kier alpha value is -1.66. The van der Waals surface area contributed by atoms with E-state index in [9.17, 15) is 14.9 Å². The summed E-state index contributed by atoms with van der Waals surface area (Å²) < 4.78 is 0. The Balaban J connectivity index is 2.88. The van der Waals surface area contributed by atoms with Gasteiger partial charge in [-0.05, 0) is 19.1 Å². The van der Waals surface area contributed by atoms with Crippen LogP contribution in [0.15, 0.2) is 18.2 Å². The Bertz CT molecular complexity index is 422. The van der Waals surface area contributed by atoms with Crippen molar-refractivity contribution in [2.45, 2.75) is 6.92 Å². The number of rotatable bonds is 4. The van der Waals surface area contributed by atoms with Gasteiger partial charge in [-0.2, -0.15) is 0 Å². The molecule has 0 heterocycles. The maximum Gasteiger partial charge on any atom is 0.287 e. The van der Waals surface area contributed by atoms with Gasteiger partial charge in [-0.15, -0.1) is 0 Å². The van der Waals surface area contributed by atoms with Gasteiger partial charge < -0.3 is 0 Å². The van der Waals surface area contributed by atoms with Crippen LogP contribution < -0.4 is 5.48 Å². The zero-order chi connectivity index (χ0) is 12.1. The van der Waals surface area contributed by atoms with Crippen molar-refractivity contribution in [3.05, 3.63) is 38.9 Å². The summed E-state index contributed by atoms with van der Waals surface area (Å²) in [5, 5.41) is 10.4. The molecule has 0 unspecified atom stereocenters. The highest BCUT2D eigenvalue weighted by atomic mass is 35.5. The van der Waals surface area contributed by atoms with Gasteiger partial charge in [-0.25, -0.2) is 5.48 Å². The molecule has 86 valence electrons. The van der Waals surface area contributed by atoms with Gasteiger partial charge in [0.25, 0.3) is 11.6 Å². The summed E-state index contributed by atoms with van der Waals surface area (Å²) >= 11 is 5.64. The molecule has 0 aliphatic carbocycles. The molecule has 1 rings (SSSR count). The molecule has 0 saturated heterocycles. The smallest absolute Gasteiger partial charge is 0.274 e. The standard InChI is InChI=1S/C9H9ClN2O4/c1-2-16-11-9(13)6-3-4-8(12(14)15)7(10)5-6/h3-5H,2H2,1H3,(H,11,13). The van der Waals surface area contributed by atoms with Gasteiger partial charge in [0, 0.05) is 11.6 Å². The first kappa shape index (κ1) is 12.4. The SMILES string of the molecule is CCONC(=O)c1ccc([N+](=O)[O-])c(Cl)c1. The fraction of sp³-hybridized carbons (Fsp3) is 0.222. The summed E-state index contributed by atoms with van der Waals surface area (Å²) in [4.78, 5) is 25.9. The molecule has 1 amide bonds. The van der Waals surface area contributed by atoms with Crippen LogP contribution in [0, 0.1) is 10.1 Å². The van der Waals surface area contributed by atoms with Crippen molar-refractivity contribution >= 4 is 23.2 Å². The maximum absolute atomic E-state index is 11.4. The van der Waals surface area contributed by atoms with Crippen LogP contribution in [-0.2, 0) is 4.84 Å². The summed E-state index contributed by atoms with van der Waals surface area (Å²) in [6.45, 7) is 2.04. The Morgan fingerprint density at radius 2 is 2.31 bits per heavy atom. The van der Waals surface area contributed by atoms with Crippen LogP contribution >= 0.6 is 11.6 Å². The summed E-state index contributed by atoms with van der Waals surface area (Å²) in [7, 11) is 0. The minimum absolute atomic E-state index is 0.0888. The third-order valence-electron chi connectivity index (χ3n) is 1.72. The van der Waals surface area contributed by atoms with Gasteiger partial charge in [-0.1, -0.05) is 11.6 Å². The molecule has 1 aromatic rings. The van der Waals surface area contributed by atoms with Crippen molar-refractivity contribution in [1.82, 2.24) is 5.48 Å². The first-order valence-electron chi connectivity index (χ1n) is 4.42. The fourth-order valence-electron chi connectivity index (χ4n) is 0.993. The largest absolute Gasteiger partial charge is 0.287 e. The van der Waals surface area contributed by atoms with E-state index in [4.69, 9.17) is 16.4 Å². The average molecular weight is 245 g/mol. The molecule has 0 aliphatic rings. The molecule has 0 aliphatic heterocycles. The predicted molar refractivity (Wildman–Crippen MR) is 57.2 cm³/mol. The second-order valence-electron chi connectivity index (χ2n) is 2.79. The van der Waals surface area contributed by atoms with Crippen LogP contribution in [0.4, 0.5) is 5.69 Å². The van der Waals surface area contributed by atoms with Gasteiger partial charge in [0.15, 0.2) is 0 Å². The highest BCUT2D eigenvalue weighted by Gasteiger charge is 2.15. The lowest BCUT2D eigenvalue weighted by Gasteiger charge is -2.03. The number of hydrogen-bond acceptors (Lipinski definition) is 4. The number of nitro benzene ring substituents is 1. The molecule has 1 aromatic carbocycles. The van der Waals surface area contributed by atoms with Crippen molar-refractivity contribution in [1.29, 1.82) is 0 Å². The molecular weight excluding hydrogens is 236 g/mol. The predicted octanol–water partition coefficient (Wildman–Crippen LogP) is 1.93. The lowest BCUT2D eigenvalue weighted by Crippen LogP contribution is -2.23. The molecule has 0 atom stereocenters. The van der Waals surface area contributed by atoms with Gasteiger partial charge in [0.2, 0.25) is 0 Å². The van der Waals surface area contributed by atoms with E-state index < -0.39 is 10.8 Å². The number of nitro groups is 1. The van der Waals surface area contributed by atoms with Crippen LogP contribution in [0.2, 0.25) is 5.02 Å². The first-order chi connectivity index (χ1) is 7.56. The third kappa shape index (κ3) is 2.91. The van der Waals surface area contributed by atoms with E-state index in [2.05, 4.69) is 5.48 Å². The van der Waals surface area contributed by atoms with E-state index >= 15 is 0 Å². The normalized spacial score (nSPS) is 9.88. The van der Waals surface area contributed by atoms with Crippen molar-refractivity contribution in [3.8, 4) is 0 Å². The van der Waals surface area contributed by atoms with E-state index in [0.29, 0.717) is 6.61 Å². The summed E-state index contributed by atoms with van der Waals surface area (Å²) in [5.41, 5.74) is 2.11. The molecule has 0 bridgehead atoms. The Morgan fingerprint density at radius 3 is 2.81 bits per heavy atom. The summed E-state index contributed by atoms with van der Waals surface area (Å²) in [5.74, 6) is -0.501. The fourth-order valence-corrected chi connectivity index (χ4v) is 1.24. The summed E-state index contributed by atoms with van der Waals surface area (Å²) in [6.07, 6.45) is 0. The number of carbonyl (C=O) groups is 1. The monoisotopic (exact) mass is 244 g/mol. The van der Waals surface area contributed by atoms with Gasteiger partial charge in [0.1, 0.15) is 5.02 Å². The summed E-state index contributed by atoms with van der Waals surface area (Å²) in [6, 6.07) is 3.69. The van der Waals surface area contributed by atoms with Crippen LogP contribution in [0.1, 0.15) is 17.3 Å². The highest BCUT2D eigenvalue weighted by molar-refractivity contribution is 6.33. The number of benzene rings is 1. The molecular formula is C9H9ClN2O4. The van der Waals surface area contributed by atoms with Crippen molar-refractivity contribution in [3.63, 3.8) is 0 Å². The molecule has 0 spiro atoms. The van der Waals surface area contributed by atoms with Crippen molar-refractivity contribution in [2.75, 3.05) is 6.61 Å². The lowest BCUT2D eigenvalue weighted by atomic mass is 10.2. The van der Waals surface area contributed by atoms with Gasteiger partial charge in [-0.3, -0.25) is 19.7 Å². The van der Waals surface area contributed by atoms with Gasteiger partial charge in [0.05, 0.1) is 11.5 Å². The number of hydrogen-bond donors (Lipinski definition) is 1. The van der Waals surface area contributed by atoms with E-state index in [1.54, 1.807) is 6.92 Å². The first-order valence-corrected chi connectivity index (χ1v) is 4.80. The molecule has 0 saturated carbocycles. The van der Waals surface area contributed by atoms with Crippen LogP contribution in [0.25, 0.3) is 0 Å². The zero-order valence-electron chi connectivity index (χ0n) is 8.40. The van der Waals surface area contributed by atoms with Crippen LogP contribution in [0.3, 0.4) is 0 Å². The zero-order valence-corrected chi connectivity index (χ0v) is 9.15. The second kappa shape index (κ2) is 5.43. The number of amides is 1. The number of carbonyl (C=O) groups excluding carboxylic acids is 1. The molecule has 6 nitrogen and oxygen atoms in total. The average Bonchev–Trinajstić information content (AvgIpc) is 2.25. The third-order valence-corrected chi connectivity index (χ3v) is 2.02. The number of nitrogens with zero attached hydrogens (tertiary/aromatic N) is 1. The molecule has 0 aromatic heterocycles. The lowest BCUT2D eigenvalue weighted by molar-refractivity contribution is -0.384. The second-order valence-corrected chi connectivity index (χ2v) is 3.19. The molecule has 0 radical (unpaired) electrons. The van der Waals surface area contributed by atoms with E-state index in [0.717, 1.165) is 0 Å². The highest BCUT2D eigenvalue weighted by Crippen LogP contribution is 2.24. The van der Waals surface area contributed by atoms with Crippen LogP contribution in [-0.4, -0.2) is 17.4 Å². The van der Waals surface area contributed by atoms with Crippen LogP contribution in [0.5, 0.6) is 0 Å². The molecule has 1 N–H and O–H groups in total. The minimum atomic E-state index is -0.618. The van der Waals surface area contributed by atoms with Crippen molar-refractivity contribution < 1.29 is 14.6 Å². The minimum Gasteiger partial charge on any atom is -0.274 e. The Labute approximate surface area is 96.3 Å². The maximum atomic E-state index is 11.4. The van der Waals surface area contributed by atoms with Gasteiger partial charge >= 0.3 is 0 Å². The Kier molecular flexibility index (Phi) is 4.21. The molecule has 16 heavy (non-hydrogen) atoms. The topological polar surface area (TPSA) is 81.5 Å². The molecule has 0 fully saturated rings. The number of nitrogens with one attached hydrogen (secondary N) is 1. The van der Waals surface area contributed by atoms with Crippen molar-refractivity contribution in [2.24, 2.45) is 0 Å². The van der Waals surface area contributed by atoms with E-state index in [-0.39, 0.29) is 16.3 Å². The van der Waals surface area contributed by atoms with E-state index in [1.165, 1.54) is 18.2 Å². The Morgan fingerprint density at radius 1 is 1.62 bits per heavy atom. The number of halogens is 1. The number of hydroxylamine groups is 1. The molecule has 7 heteroatoms. The quantitative estimate of drug-likeness (QED) is 0.648.